The van der Waals surface area contributed by atoms with Crippen molar-refractivity contribution in [3.8, 4) is 5.75 Å². The van der Waals surface area contributed by atoms with Crippen molar-refractivity contribution >= 4 is 6.03 Å². The lowest BCUT2D eigenvalue weighted by Gasteiger charge is -2.38. The smallest absolute Gasteiger partial charge is 0.318 e. The van der Waals surface area contributed by atoms with Crippen LogP contribution >= 0.6 is 0 Å². The number of ether oxygens (including phenoxy) is 1. The third kappa shape index (κ3) is 2.84. The fourth-order valence-corrected chi connectivity index (χ4v) is 3.42. The second-order valence-electron chi connectivity index (χ2n) is 6.55. The van der Waals surface area contributed by atoms with Crippen LogP contribution in [0.5, 0.6) is 5.75 Å². The summed E-state index contributed by atoms with van der Waals surface area (Å²) in [5, 5.41) is 3.14. The lowest BCUT2D eigenvalue weighted by Crippen LogP contribution is -2.46. The maximum atomic E-state index is 12.8. The molecule has 1 atom stereocenters. The molecule has 4 heteroatoms. The molecule has 124 valence electrons. The van der Waals surface area contributed by atoms with Gasteiger partial charge in [-0.3, -0.25) is 0 Å². The number of carbonyl (C=O) groups is 1. The van der Waals surface area contributed by atoms with E-state index in [1.165, 1.54) is 5.56 Å². The molecule has 1 aliphatic carbocycles. The first-order valence-corrected chi connectivity index (χ1v) is 8.55. The molecule has 24 heavy (non-hydrogen) atoms. The highest BCUT2D eigenvalue weighted by Crippen LogP contribution is 2.37. The van der Waals surface area contributed by atoms with Gasteiger partial charge in [0.25, 0.3) is 0 Å². The summed E-state index contributed by atoms with van der Waals surface area (Å²) in [5.74, 6) is 0.833. The molecular formula is C20H22N2O2. The van der Waals surface area contributed by atoms with E-state index in [0.717, 1.165) is 42.7 Å². The van der Waals surface area contributed by atoms with Gasteiger partial charge >= 0.3 is 6.03 Å². The van der Waals surface area contributed by atoms with Crippen LogP contribution in [-0.4, -0.2) is 30.6 Å². The topological polar surface area (TPSA) is 41.6 Å². The molecule has 2 amide bonds. The summed E-state index contributed by atoms with van der Waals surface area (Å²) in [6.45, 7) is 0.734. The molecule has 2 aliphatic rings. The largest absolute Gasteiger partial charge is 0.497 e. The van der Waals surface area contributed by atoms with Crippen molar-refractivity contribution in [2.75, 3.05) is 13.7 Å². The van der Waals surface area contributed by atoms with Gasteiger partial charge in [-0.15, -0.1) is 0 Å². The van der Waals surface area contributed by atoms with E-state index in [9.17, 15) is 4.79 Å². The number of nitrogens with one attached hydrogen (secondary N) is 1. The van der Waals surface area contributed by atoms with Crippen LogP contribution < -0.4 is 10.1 Å². The number of hydrogen-bond acceptors (Lipinski definition) is 2. The highest BCUT2D eigenvalue weighted by atomic mass is 16.5. The number of nitrogens with zero attached hydrogens (tertiary/aromatic N) is 1. The average molecular weight is 322 g/mol. The minimum absolute atomic E-state index is 0.0415. The number of urea groups is 1. The van der Waals surface area contributed by atoms with E-state index in [1.54, 1.807) is 7.11 Å². The van der Waals surface area contributed by atoms with Gasteiger partial charge in [0, 0.05) is 12.6 Å². The van der Waals surface area contributed by atoms with Crippen LogP contribution in [0.3, 0.4) is 0 Å². The summed E-state index contributed by atoms with van der Waals surface area (Å²) < 4.78 is 5.42. The number of rotatable bonds is 3. The van der Waals surface area contributed by atoms with Crippen molar-refractivity contribution in [2.45, 2.75) is 31.3 Å². The number of benzene rings is 2. The minimum atomic E-state index is -0.0659. The Bertz CT molecular complexity index is 741. The molecule has 2 aromatic carbocycles. The Balaban J connectivity index is 1.75. The number of amides is 2. The SMILES string of the molecule is COc1ccc2c(c1)C(c1ccccc1)N(C(=O)NC1CC1)CC2. The summed E-state index contributed by atoms with van der Waals surface area (Å²) in [5.41, 5.74) is 3.59. The van der Waals surface area contributed by atoms with Crippen LogP contribution in [0.2, 0.25) is 0 Å². The lowest BCUT2D eigenvalue weighted by molar-refractivity contribution is 0.179. The van der Waals surface area contributed by atoms with Gasteiger partial charge in [0.05, 0.1) is 13.2 Å². The van der Waals surface area contributed by atoms with E-state index >= 15 is 0 Å². The quantitative estimate of drug-likeness (QED) is 0.939. The Labute approximate surface area is 142 Å². The molecular weight excluding hydrogens is 300 g/mol. The average Bonchev–Trinajstić information content (AvgIpc) is 3.44. The van der Waals surface area contributed by atoms with Crippen LogP contribution in [0.4, 0.5) is 4.79 Å². The van der Waals surface area contributed by atoms with Gasteiger partial charge in [0.1, 0.15) is 5.75 Å². The Morgan fingerprint density at radius 2 is 1.96 bits per heavy atom. The van der Waals surface area contributed by atoms with E-state index in [-0.39, 0.29) is 12.1 Å². The zero-order chi connectivity index (χ0) is 16.5. The minimum Gasteiger partial charge on any atom is -0.497 e. The van der Waals surface area contributed by atoms with E-state index in [4.69, 9.17) is 4.74 Å². The fraction of sp³-hybridized carbons (Fsp3) is 0.350. The fourth-order valence-electron chi connectivity index (χ4n) is 3.42. The van der Waals surface area contributed by atoms with Crippen molar-refractivity contribution in [1.82, 2.24) is 10.2 Å². The van der Waals surface area contributed by atoms with Crippen molar-refractivity contribution in [2.24, 2.45) is 0 Å². The van der Waals surface area contributed by atoms with E-state index < -0.39 is 0 Å². The predicted octanol–water partition coefficient (Wildman–Crippen LogP) is 3.51. The molecule has 4 nitrogen and oxygen atoms in total. The molecule has 1 unspecified atom stereocenters. The molecule has 1 heterocycles. The molecule has 4 rings (SSSR count). The molecule has 1 aliphatic heterocycles. The predicted molar refractivity (Wildman–Crippen MR) is 93.2 cm³/mol. The van der Waals surface area contributed by atoms with Crippen LogP contribution in [0, 0.1) is 0 Å². The van der Waals surface area contributed by atoms with Gasteiger partial charge in [-0.05, 0) is 48.1 Å². The Kier molecular flexibility index (Phi) is 3.89. The van der Waals surface area contributed by atoms with Gasteiger partial charge in [0.2, 0.25) is 0 Å². The van der Waals surface area contributed by atoms with Crippen molar-refractivity contribution in [3.63, 3.8) is 0 Å². The van der Waals surface area contributed by atoms with E-state index in [0.29, 0.717) is 6.04 Å². The number of hydrogen-bond donors (Lipinski definition) is 1. The first kappa shape index (κ1) is 15.1. The zero-order valence-corrected chi connectivity index (χ0v) is 13.9. The monoisotopic (exact) mass is 322 g/mol. The third-order valence-corrected chi connectivity index (χ3v) is 4.86. The van der Waals surface area contributed by atoms with Crippen LogP contribution in [0.1, 0.15) is 35.6 Å². The van der Waals surface area contributed by atoms with Gasteiger partial charge in [-0.1, -0.05) is 36.4 Å². The summed E-state index contributed by atoms with van der Waals surface area (Å²) in [7, 11) is 1.68. The van der Waals surface area contributed by atoms with Gasteiger partial charge < -0.3 is 15.0 Å². The first-order chi connectivity index (χ1) is 11.8. The van der Waals surface area contributed by atoms with Crippen LogP contribution in [-0.2, 0) is 6.42 Å². The molecule has 0 aromatic heterocycles. The normalized spacial score (nSPS) is 19.5. The maximum Gasteiger partial charge on any atom is 0.318 e. The van der Waals surface area contributed by atoms with Crippen molar-refractivity contribution in [1.29, 1.82) is 0 Å². The van der Waals surface area contributed by atoms with Crippen molar-refractivity contribution in [3.05, 3.63) is 65.2 Å². The number of fused-ring (bicyclic) bond motifs is 1. The highest BCUT2D eigenvalue weighted by molar-refractivity contribution is 5.76. The van der Waals surface area contributed by atoms with Crippen LogP contribution in [0.25, 0.3) is 0 Å². The Hall–Kier alpha value is -2.49. The van der Waals surface area contributed by atoms with Crippen molar-refractivity contribution < 1.29 is 9.53 Å². The standard InChI is InChI=1S/C20H22N2O2/c1-24-17-10-7-14-11-12-22(20(23)21-16-8-9-16)19(18(14)13-17)15-5-3-2-4-6-15/h2-7,10,13,16,19H,8-9,11-12H2,1H3,(H,21,23). The van der Waals surface area contributed by atoms with Gasteiger partial charge in [0.15, 0.2) is 0 Å². The second kappa shape index (κ2) is 6.19. The molecule has 2 aromatic rings. The van der Waals surface area contributed by atoms with E-state index in [2.05, 4.69) is 29.6 Å². The number of carbonyl (C=O) groups excluding carboxylic acids is 1. The Morgan fingerprint density at radius 3 is 2.67 bits per heavy atom. The summed E-state index contributed by atoms with van der Waals surface area (Å²) in [4.78, 5) is 14.7. The maximum absolute atomic E-state index is 12.8. The molecule has 0 bridgehead atoms. The molecule has 1 saturated carbocycles. The van der Waals surface area contributed by atoms with Gasteiger partial charge in [-0.2, -0.15) is 0 Å². The molecule has 1 fully saturated rings. The molecule has 0 spiro atoms. The molecule has 0 radical (unpaired) electrons. The summed E-state index contributed by atoms with van der Waals surface area (Å²) in [6, 6.07) is 16.8. The highest BCUT2D eigenvalue weighted by Gasteiger charge is 2.34. The van der Waals surface area contributed by atoms with E-state index in [1.807, 2.05) is 29.2 Å². The van der Waals surface area contributed by atoms with Crippen LogP contribution in [0.15, 0.2) is 48.5 Å². The zero-order valence-electron chi connectivity index (χ0n) is 13.9. The molecule has 1 N–H and O–H groups in total. The first-order valence-electron chi connectivity index (χ1n) is 8.55. The van der Waals surface area contributed by atoms with Gasteiger partial charge in [-0.25, -0.2) is 4.79 Å². The lowest BCUT2D eigenvalue weighted by atomic mass is 9.88. The second-order valence-corrected chi connectivity index (χ2v) is 6.55. The summed E-state index contributed by atoms with van der Waals surface area (Å²) >= 11 is 0. The summed E-state index contributed by atoms with van der Waals surface area (Å²) in [6.07, 6.45) is 3.07. The molecule has 0 saturated heterocycles. The number of methoxy groups -OCH3 is 1. The third-order valence-electron chi connectivity index (χ3n) is 4.86. The Morgan fingerprint density at radius 1 is 1.17 bits per heavy atom.